The van der Waals surface area contributed by atoms with Crippen molar-refractivity contribution in [3.05, 3.63) is 71.3 Å². The number of fused-ring (bicyclic) bond motifs is 1. The summed E-state index contributed by atoms with van der Waals surface area (Å²) in [6.07, 6.45) is 5.57. The van der Waals surface area contributed by atoms with Gasteiger partial charge in [0.1, 0.15) is 11.8 Å². The van der Waals surface area contributed by atoms with Gasteiger partial charge in [-0.25, -0.2) is 4.68 Å². The molecule has 1 N–H and O–H groups in total. The molecule has 4 aromatic rings. The zero-order valence-electron chi connectivity index (χ0n) is 18.6. The van der Waals surface area contributed by atoms with Gasteiger partial charge < -0.3 is 0 Å². The molecule has 2 fully saturated rings. The maximum atomic E-state index is 11.9. The minimum atomic E-state index is 0.519. The van der Waals surface area contributed by atoms with Crippen LogP contribution in [0.2, 0.25) is 0 Å². The molecule has 0 spiro atoms. The number of nitrogens with zero attached hydrogens (tertiary/aromatic N) is 4. The normalized spacial score (nSPS) is 15.7. The Kier molecular flexibility index (Phi) is 4.76. The second kappa shape index (κ2) is 7.81. The highest BCUT2D eigenvalue weighted by molar-refractivity contribution is 5.89. The fourth-order valence-electron chi connectivity index (χ4n) is 4.61. The van der Waals surface area contributed by atoms with E-state index in [1.165, 1.54) is 10.6 Å². The van der Waals surface area contributed by atoms with Crippen molar-refractivity contribution >= 4 is 23.0 Å². The summed E-state index contributed by atoms with van der Waals surface area (Å²) < 4.78 is 1.83. The summed E-state index contributed by atoms with van der Waals surface area (Å²) in [5.74, 6) is 1.05. The van der Waals surface area contributed by atoms with E-state index >= 15 is 0 Å². The Hall–Kier alpha value is -3.51. The van der Waals surface area contributed by atoms with Crippen LogP contribution in [-0.2, 0) is 0 Å². The third-order valence-electron chi connectivity index (χ3n) is 6.92. The Morgan fingerprint density at radius 3 is 2.64 bits per heavy atom. The molecule has 0 radical (unpaired) electrons. The zero-order chi connectivity index (χ0) is 22.5. The topological polar surface area (TPSA) is 71.2 Å². The molecule has 0 saturated heterocycles. The minimum absolute atomic E-state index is 0.519. The summed E-state index contributed by atoms with van der Waals surface area (Å²) in [5.41, 5.74) is 8.10. The maximum Gasteiger partial charge on any atom is 0.150 e. The van der Waals surface area contributed by atoms with E-state index in [0.717, 1.165) is 71.1 Å². The maximum absolute atomic E-state index is 11.9. The van der Waals surface area contributed by atoms with E-state index < -0.39 is 0 Å². The number of hydrogen-bond acceptors (Lipinski definition) is 5. The van der Waals surface area contributed by atoms with Crippen LogP contribution < -0.4 is 5.06 Å². The molecule has 0 bridgehead atoms. The average molecular weight is 439 g/mol. The van der Waals surface area contributed by atoms with Crippen molar-refractivity contribution in [3.63, 3.8) is 0 Å². The van der Waals surface area contributed by atoms with E-state index in [1.807, 2.05) is 54.1 Å². The SMILES string of the molecule is Cc1c(C=O)cc(C2CC2)cc1-c1cc(-n2nnc3ccccc32)ccc1N(O)CC1CC1. The first kappa shape index (κ1) is 20.1. The molecule has 3 aromatic carbocycles. The molecule has 0 unspecified atom stereocenters. The van der Waals surface area contributed by atoms with Crippen molar-refractivity contribution < 1.29 is 10.0 Å². The molecule has 6 rings (SSSR count). The highest BCUT2D eigenvalue weighted by atomic mass is 16.5. The number of carbonyl (C=O) groups excluding carboxylic acids is 1. The molecule has 6 nitrogen and oxygen atoms in total. The smallest absolute Gasteiger partial charge is 0.150 e. The monoisotopic (exact) mass is 438 g/mol. The van der Waals surface area contributed by atoms with Crippen molar-refractivity contribution in [2.45, 2.75) is 38.5 Å². The first-order valence-corrected chi connectivity index (χ1v) is 11.6. The fourth-order valence-corrected chi connectivity index (χ4v) is 4.61. The van der Waals surface area contributed by atoms with Gasteiger partial charge >= 0.3 is 0 Å². The Balaban J connectivity index is 1.55. The van der Waals surface area contributed by atoms with E-state index in [9.17, 15) is 10.0 Å². The third-order valence-corrected chi connectivity index (χ3v) is 6.92. The van der Waals surface area contributed by atoms with Crippen molar-refractivity contribution in [1.29, 1.82) is 0 Å². The van der Waals surface area contributed by atoms with Crippen LogP contribution in [0.4, 0.5) is 5.69 Å². The molecule has 33 heavy (non-hydrogen) atoms. The van der Waals surface area contributed by atoms with Gasteiger partial charge in [0.2, 0.25) is 0 Å². The number of hydrogen-bond donors (Lipinski definition) is 1. The number of para-hydroxylation sites is 1. The number of aromatic nitrogens is 3. The molecule has 1 heterocycles. The van der Waals surface area contributed by atoms with Gasteiger partial charge in [-0.2, -0.15) is 0 Å². The predicted octanol–water partition coefficient (Wildman–Crippen LogP) is 5.69. The van der Waals surface area contributed by atoms with Crippen LogP contribution in [0.25, 0.3) is 27.8 Å². The lowest BCUT2D eigenvalue weighted by atomic mass is 9.91. The molecule has 2 saturated carbocycles. The largest absolute Gasteiger partial charge is 0.298 e. The molecule has 2 aliphatic carbocycles. The Morgan fingerprint density at radius 2 is 1.88 bits per heavy atom. The molecule has 6 heteroatoms. The quantitative estimate of drug-likeness (QED) is 0.296. The van der Waals surface area contributed by atoms with Gasteiger partial charge in [-0.3, -0.25) is 15.1 Å². The van der Waals surface area contributed by atoms with Gasteiger partial charge in [-0.1, -0.05) is 23.4 Å². The highest BCUT2D eigenvalue weighted by Crippen LogP contribution is 2.44. The predicted molar refractivity (Wildman–Crippen MR) is 128 cm³/mol. The minimum Gasteiger partial charge on any atom is -0.298 e. The summed E-state index contributed by atoms with van der Waals surface area (Å²) >= 11 is 0. The Bertz CT molecular complexity index is 1370. The van der Waals surface area contributed by atoms with Gasteiger partial charge in [-0.05, 0) is 97.5 Å². The first-order valence-electron chi connectivity index (χ1n) is 11.6. The lowest BCUT2D eigenvalue weighted by Crippen LogP contribution is -2.21. The average Bonchev–Trinajstić information content (AvgIpc) is 3.77. The summed E-state index contributed by atoms with van der Waals surface area (Å²) in [6, 6.07) is 18.1. The van der Waals surface area contributed by atoms with Crippen LogP contribution >= 0.6 is 0 Å². The molecular formula is C27H26N4O2. The van der Waals surface area contributed by atoms with Crippen molar-refractivity contribution in [2.75, 3.05) is 11.6 Å². The van der Waals surface area contributed by atoms with Crippen LogP contribution in [0.1, 0.15) is 53.1 Å². The summed E-state index contributed by atoms with van der Waals surface area (Å²) in [5, 5.41) is 21.1. The van der Waals surface area contributed by atoms with Crippen LogP contribution in [0.5, 0.6) is 0 Å². The summed E-state index contributed by atoms with van der Waals surface area (Å²) in [7, 11) is 0. The lowest BCUT2D eigenvalue weighted by Gasteiger charge is -2.23. The number of carbonyl (C=O) groups is 1. The van der Waals surface area contributed by atoms with E-state index in [4.69, 9.17) is 0 Å². The molecule has 166 valence electrons. The van der Waals surface area contributed by atoms with Gasteiger partial charge in [0.05, 0.1) is 16.9 Å². The second-order valence-electron chi connectivity index (χ2n) is 9.39. The molecule has 0 aliphatic heterocycles. The van der Waals surface area contributed by atoms with Crippen LogP contribution in [0, 0.1) is 12.8 Å². The second-order valence-corrected chi connectivity index (χ2v) is 9.39. The van der Waals surface area contributed by atoms with E-state index in [0.29, 0.717) is 23.9 Å². The number of aldehydes is 1. The standard InChI is InChI=1S/C27H26N4O2/c1-17-21(16-32)12-20(19-8-9-19)13-23(17)24-14-22(10-11-26(24)30(33)15-18-6-7-18)31-27-5-3-2-4-25(27)28-29-31/h2-5,10-14,16,18-19,33H,6-9,15H2,1H3. The number of benzene rings is 3. The van der Waals surface area contributed by atoms with Gasteiger partial charge in [-0.15, -0.1) is 5.10 Å². The molecule has 0 atom stereocenters. The molecule has 0 amide bonds. The Labute approximate surface area is 192 Å². The van der Waals surface area contributed by atoms with E-state index in [2.05, 4.69) is 22.4 Å². The van der Waals surface area contributed by atoms with Gasteiger partial charge in [0.25, 0.3) is 0 Å². The van der Waals surface area contributed by atoms with Crippen molar-refractivity contribution in [3.8, 4) is 16.8 Å². The zero-order valence-corrected chi connectivity index (χ0v) is 18.6. The van der Waals surface area contributed by atoms with Gasteiger partial charge in [0, 0.05) is 17.7 Å². The third kappa shape index (κ3) is 3.70. The number of rotatable bonds is 7. The van der Waals surface area contributed by atoms with Gasteiger partial charge in [0.15, 0.2) is 0 Å². The Morgan fingerprint density at radius 1 is 1.06 bits per heavy atom. The van der Waals surface area contributed by atoms with Crippen LogP contribution in [-0.4, -0.2) is 33.0 Å². The highest BCUT2D eigenvalue weighted by Gasteiger charge is 2.28. The lowest BCUT2D eigenvalue weighted by molar-refractivity contribution is 0.112. The van der Waals surface area contributed by atoms with Crippen molar-refractivity contribution in [1.82, 2.24) is 15.0 Å². The van der Waals surface area contributed by atoms with E-state index in [-0.39, 0.29) is 0 Å². The fraction of sp³-hybridized carbons (Fsp3) is 0.296. The van der Waals surface area contributed by atoms with Crippen molar-refractivity contribution in [2.24, 2.45) is 5.92 Å². The number of anilines is 1. The molecular weight excluding hydrogens is 412 g/mol. The molecule has 2 aliphatic rings. The first-order chi connectivity index (χ1) is 16.1. The van der Waals surface area contributed by atoms with E-state index in [1.54, 1.807) is 0 Å². The number of hydroxylamine groups is 1. The summed E-state index contributed by atoms with van der Waals surface area (Å²) in [4.78, 5) is 11.9. The van der Waals surface area contributed by atoms with Crippen LogP contribution in [0.3, 0.4) is 0 Å². The van der Waals surface area contributed by atoms with Crippen LogP contribution in [0.15, 0.2) is 54.6 Å². The summed E-state index contributed by atoms with van der Waals surface area (Å²) in [6.45, 7) is 2.60. The molecule has 1 aromatic heterocycles.